The van der Waals surface area contributed by atoms with E-state index in [1.54, 1.807) is 12.0 Å². The van der Waals surface area contributed by atoms with Crippen LogP contribution in [0.5, 0.6) is 5.75 Å². The normalized spacial score (nSPS) is 15.7. The molecule has 3 N–H and O–H groups in total. The van der Waals surface area contributed by atoms with Gasteiger partial charge >= 0.3 is 6.09 Å². The first-order valence-electron chi connectivity index (χ1n) is 14.1. The number of rotatable bonds is 9. The van der Waals surface area contributed by atoms with Gasteiger partial charge in [-0.2, -0.15) is 10.1 Å². The molecule has 0 spiro atoms. The summed E-state index contributed by atoms with van der Waals surface area (Å²) in [6.07, 6.45) is 8.65. The van der Waals surface area contributed by atoms with Crippen LogP contribution in [-0.2, 0) is 11.3 Å². The van der Waals surface area contributed by atoms with Crippen molar-refractivity contribution >= 4 is 34.5 Å². The smallest absolute Gasteiger partial charge is 0.410 e. The lowest BCUT2D eigenvalue weighted by Crippen LogP contribution is -2.39. The molecule has 1 fully saturated rings. The molecule has 5 rings (SSSR count). The zero-order chi connectivity index (χ0) is 28.4. The van der Waals surface area contributed by atoms with Crippen LogP contribution in [0.2, 0.25) is 0 Å². The highest BCUT2D eigenvalue weighted by Gasteiger charge is 2.32. The second-order valence-corrected chi connectivity index (χ2v) is 11.5. The summed E-state index contributed by atoms with van der Waals surface area (Å²) in [4.78, 5) is 28.1. The summed E-state index contributed by atoms with van der Waals surface area (Å²) in [7, 11) is 1.65. The Bertz CT molecular complexity index is 1420. The summed E-state index contributed by atoms with van der Waals surface area (Å²) >= 11 is 0. The van der Waals surface area contributed by atoms with Gasteiger partial charge in [-0.25, -0.2) is 9.78 Å². The summed E-state index contributed by atoms with van der Waals surface area (Å²) < 4.78 is 13.2. The number of pyridine rings is 1. The van der Waals surface area contributed by atoms with Crippen molar-refractivity contribution in [2.45, 2.75) is 77.9 Å². The maximum Gasteiger partial charge on any atom is 0.410 e. The number of hydrogen-bond acceptors (Lipinski definition) is 9. The van der Waals surface area contributed by atoms with E-state index in [2.05, 4.69) is 28.3 Å². The largest absolute Gasteiger partial charge is 0.495 e. The van der Waals surface area contributed by atoms with Gasteiger partial charge in [0.25, 0.3) is 0 Å². The molecule has 40 heavy (non-hydrogen) atoms. The number of aromatic nitrogens is 5. The van der Waals surface area contributed by atoms with Gasteiger partial charge in [-0.3, -0.25) is 9.67 Å². The van der Waals surface area contributed by atoms with E-state index in [0.29, 0.717) is 43.5 Å². The van der Waals surface area contributed by atoms with Crippen molar-refractivity contribution in [1.82, 2.24) is 29.6 Å². The standard InChI is InChI=1S/C29H40N8O3/c1-6-7-12-31-26-25-24(33-27(30)34-26)23(19-8-9-19)35-37(25)17-21-22(39-5)15-20(16-32-21)18-10-13-36(14-11-18)28(38)40-29(2,3)4/h10,15-16,19H,6-9,11-14,17H2,1-5H3,(H3,30,31,33,34). The molecule has 214 valence electrons. The maximum absolute atomic E-state index is 12.4. The predicted octanol–water partition coefficient (Wildman–Crippen LogP) is 4.97. The highest BCUT2D eigenvalue weighted by atomic mass is 16.6. The molecule has 1 saturated carbocycles. The minimum absolute atomic E-state index is 0.249. The molecule has 0 radical (unpaired) electrons. The molecule has 0 bridgehead atoms. The Hall–Kier alpha value is -3.89. The van der Waals surface area contributed by atoms with Crippen LogP contribution in [0.15, 0.2) is 18.3 Å². The van der Waals surface area contributed by atoms with Gasteiger partial charge in [0.05, 0.1) is 19.3 Å². The van der Waals surface area contributed by atoms with Crippen molar-refractivity contribution in [1.29, 1.82) is 0 Å². The Morgan fingerprint density at radius 3 is 2.70 bits per heavy atom. The third-order valence-electron chi connectivity index (χ3n) is 7.10. The number of fused-ring (bicyclic) bond motifs is 1. The Balaban J connectivity index is 1.40. The lowest BCUT2D eigenvalue weighted by atomic mass is 10.0. The van der Waals surface area contributed by atoms with Gasteiger partial charge in [0.1, 0.15) is 28.1 Å². The highest BCUT2D eigenvalue weighted by molar-refractivity contribution is 5.89. The molecule has 11 heteroatoms. The van der Waals surface area contributed by atoms with E-state index in [1.807, 2.05) is 37.7 Å². The molecule has 3 aromatic rings. The van der Waals surface area contributed by atoms with Crippen molar-refractivity contribution < 1.29 is 14.3 Å². The molecule has 1 amide bonds. The molecule has 0 aromatic carbocycles. The monoisotopic (exact) mass is 548 g/mol. The third kappa shape index (κ3) is 6.13. The van der Waals surface area contributed by atoms with E-state index in [-0.39, 0.29) is 12.0 Å². The number of carbonyl (C=O) groups excluding carboxylic acids is 1. The van der Waals surface area contributed by atoms with Crippen LogP contribution in [0.4, 0.5) is 16.6 Å². The first kappa shape index (κ1) is 27.7. The highest BCUT2D eigenvalue weighted by Crippen LogP contribution is 2.43. The van der Waals surface area contributed by atoms with E-state index >= 15 is 0 Å². The summed E-state index contributed by atoms with van der Waals surface area (Å²) in [5.41, 5.74) is 11.1. The van der Waals surface area contributed by atoms with E-state index < -0.39 is 5.60 Å². The second kappa shape index (κ2) is 11.3. The van der Waals surface area contributed by atoms with Crippen molar-refractivity contribution in [2.75, 3.05) is 37.8 Å². The van der Waals surface area contributed by atoms with Gasteiger partial charge in [-0.15, -0.1) is 0 Å². The van der Waals surface area contributed by atoms with E-state index in [0.717, 1.165) is 65.8 Å². The van der Waals surface area contributed by atoms with E-state index in [1.165, 1.54) is 0 Å². The molecule has 1 aliphatic carbocycles. The summed E-state index contributed by atoms with van der Waals surface area (Å²) in [5, 5.41) is 8.42. The van der Waals surface area contributed by atoms with Crippen LogP contribution >= 0.6 is 0 Å². The van der Waals surface area contributed by atoms with Crippen LogP contribution in [-0.4, -0.2) is 68.1 Å². The molecule has 0 saturated heterocycles. The van der Waals surface area contributed by atoms with Gasteiger partial charge in [0.2, 0.25) is 5.95 Å². The minimum atomic E-state index is -0.515. The molecule has 0 unspecified atom stereocenters. The number of carbonyl (C=O) groups is 1. The molecule has 4 heterocycles. The van der Waals surface area contributed by atoms with Crippen LogP contribution in [0.25, 0.3) is 16.6 Å². The van der Waals surface area contributed by atoms with E-state index in [9.17, 15) is 4.79 Å². The van der Waals surface area contributed by atoms with E-state index in [4.69, 9.17) is 25.3 Å². The van der Waals surface area contributed by atoms with Crippen molar-refractivity contribution in [2.24, 2.45) is 0 Å². The number of methoxy groups -OCH3 is 1. The molecule has 3 aromatic heterocycles. The predicted molar refractivity (Wildman–Crippen MR) is 155 cm³/mol. The summed E-state index contributed by atoms with van der Waals surface area (Å²) in [5.74, 6) is 2.03. The van der Waals surface area contributed by atoms with Crippen molar-refractivity contribution in [3.8, 4) is 5.75 Å². The Kier molecular flexibility index (Phi) is 7.82. The molecule has 0 atom stereocenters. The zero-order valence-corrected chi connectivity index (χ0v) is 24.2. The number of nitrogens with zero attached hydrogens (tertiary/aromatic N) is 6. The zero-order valence-electron chi connectivity index (χ0n) is 24.2. The number of unbranched alkanes of at least 4 members (excludes halogenated alkanes) is 1. The first-order chi connectivity index (χ1) is 19.2. The van der Waals surface area contributed by atoms with Gasteiger partial charge in [0, 0.05) is 31.7 Å². The van der Waals surface area contributed by atoms with Crippen LogP contribution in [0, 0.1) is 0 Å². The number of ether oxygens (including phenoxy) is 2. The quantitative estimate of drug-likeness (QED) is 0.355. The van der Waals surface area contributed by atoms with Crippen LogP contribution in [0.1, 0.15) is 82.7 Å². The SMILES string of the molecule is CCCCNc1nc(N)nc2c(C3CC3)nn(Cc3ncc(C4=CCN(C(=O)OC(C)(C)C)CC4)cc3OC)c12. The van der Waals surface area contributed by atoms with Crippen molar-refractivity contribution in [3.63, 3.8) is 0 Å². The maximum atomic E-state index is 12.4. The minimum Gasteiger partial charge on any atom is -0.495 e. The van der Waals surface area contributed by atoms with Gasteiger partial charge in [-0.1, -0.05) is 19.4 Å². The number of hydrogen-bond donors (Lipinski definition) is 2. The topological polar surface area (TPSA) is 133 Å². The molecule has 11 nitrogen and oxygen atoms in total. The molecule has 1 aliphatic heterocycles. The Morgan fingerprint density at radius 2 is 2.05 bits per heavy atom. The fraction of sp³-hybridized carbons (Fsp3) is 0.552. The first-order valence-corrected chi connectivity index (χ1v) is 14.1. The summed E-state index contributed by atoms with van der Waals surface area (Å²) in [6.45, 7) is 10.1. The van der Waals surface area contributed by atoms with Gasteiger partial charge in [0.15, 0.2) is 5.82 Å². The molecular formula is C29H40N8O3. The van der Waals surface area contributed by atoms with Crippen LogP contribution < -0.4 is 15.8 Å². The Morgan fingerprint density at radius 1 is 1.25 bits per heavy atom. The van der Waals surface area contributed by atoms with Gasteiger partial charge in [-0.05, 0) is 63.7 Å². The number of anilines is 2. The molecular weight excluding hydrogens is 508 g/mol. The molecule has 2 aliphatic rings. The second-order valence-electron chi connectivity index (χ2n) is 11.5. The average molecular weight is 549 g/mol. The fourth-order valence-corrected chi connectivity index (χ4v) is 4.89. The summed E-state index contributed by atoms with van der Waals surface area (Å²) in [6, 6.07) is 2.01. The number of nitrogens with one attached hydrogen (secondary N) is 1. The lowest BCUT2D eigenvalue weighted by Gasteiger charge is -2.29. The lowest BCUT2D eigenvalue weighted by molar-refractivity contribution is 0.0270. The third-order valence-corrected chi connectivity index (χ3v) is 7.10. The average Bonchev–Trinajstić information content (AvgIpc) is 3.70. The Labute approximate surface area is 235 Å². The number of nitrogen functional groups attached to an aromatic ring is 1. The van der Waals surface area contributed by atoms with Gasteiger partial charge < -0.3 is 25.4 Å². The fourth-order valence-electron chi connectivity index (χ4n) is 4.89. The van der Waals surface area contributed by atoms with Crippen molar-refractivity contribution in [3.05, 3.63) is 35.3 Å². The van der Waals surface area contributed by atoms with Crippen LogP contribution in [0.3, 0.4) is 0 Å². The number of amides is 1. The number of nitrogens with two attached hydrogens (primary N) is 1.